The first kappa shape index (κ1) is 19.2. The van der Waals surface area contributed by atoms with Gasteiger partial charge < -0.3 is 14.8 Å². The fraction of sp³-hybridized carbons (Fsp3) is 0.429. The van der Waals surface area contributed by atoms with Gasteiger partial charge in [0.05, 0.1) is 6.54 Å². The first-order chi connectivity index (χ1) is 12.9. The number of carboxylic acids is 1. The zero-order valence-corrected chi connectivity index (χ0v) is 15.8. The van der Waals surface area contributed by atoms with Gasteiger partial charge in [-0.15, -0.1) is 0 Å². The Bertz CT molecular complexity index is 806. The normalized spacial score (nSPS) is 16.8. The SMILES string of the molecule is Cc1cccc([C@H](NC(=O)c2ccc(CN3CCC(C)CC3)o2)C(=O)O)c1. The monoisotopic (exact) mass is 370 g/mol. The van der Waals surface area contributed by atoms with Crippen molar-refractivity contribution in [1.29, 1.82) is 0 Å². The summed E-state index contributed by atoms with van der Waals surface area (Å²) in [7, 11) is 0. The molecule has 27 heavy (non-hydrogen) atoms. The molecule has 1 aliphatic rings. The molecule has 0 radical (unpaired) electrons. The number of likely N-dealkylation sites (tertiary alicyclic amines) is 1. The molecular weight excluding hydrogens is 344 g/mol. The molecule has 144 valence electrons. The largest absolute Gasteiger partial charge is 0.479 e. The van der Waals surface area contributed by atoms with Gasteiger partial charge in [0.25, 0.3) is 5.91 Å². The summed E-state index contributed by atoms with van der Waals surface area (Å²) in [5, 5.41) is 12.1. The molecule has 1 saturated heterocycles. The van der Waals surface area contributed by atoms with Gasteiger partial charge in [-0.1, -0.05) is 36.8 Å². The lowest BCUT2D eigenvalue weighted by atomic mass is 9.99. The number of aliphatic carboxylic acids is 1. The van der Waals surface area contributed by atoms with Crippen molar-refractivity contribution in [1.82, 2.24) is 10.2 Å². The number of nitrogens with zero attached hydrogens (tertiary/aromatic N) is 1. The zero-order chi connectivity index (χ0) is 19.4. The van der Waals surface area contributed by atoms with Crippen LogP contribution in [-0.2, 0) is 11.3 Å². The van der Waals surface area contributed by atoms with Crippen molar-refractivity contribution in [3.05, 3.63) is 59.0 Å². The molecule has 6 heteroatoms. The van der Waals surface area contributed by atoms with Crippen LogP contribution in [0.25, 0.3) is 0 Å². The van der Waals surface area contributed by atoms with Gasteiger partial charge in [-0.25, -0.2) is 4.79 Å². The maximum Gasteiger partial charge on any atom is 0.330 e. The molecule has 0 bridgehead atoms. The number of hydrogen-bond acceptors (Lipinski definition) is 4. The quantitative estimate of drug-likeness (QED) is 0.815. The number of carbonyl (C=O) groups excluding carboxylic acids is 1. The van der Waals surface area contributed by atoms with E-state index in [1.54, 1.807) is 30.3 Å². The van der Waals surface area contributed by atoms with Crippen LogP contribution in [0.3, 0.4) is 0 Å². The number of carbonyl (C=O) groups is 2. The molecule has 2 N–H and O–H groups in total. The summed E-state index contributed by atoms with van der Waals surface area (Å²) in [6, 6.07) is 9.37. The minimum Gasteiger partial charge on any atom is -0.479 e. The summed E-state index contributed by atoms with van der Waals surface area (Å²) in [5.41, 5.74) is 1.47. The van der Waals surface area contributed by atoms with Crippen LogP contribution in [0.1, 0.15) is 53.2 Å². The Kier molecular flexibility index (Phi) is 5.96. The fourth-order valence-electron chi connectivity index (χ4n) is 3.37. The van der Waals surface area contributed by atoms with Crippen LogP contribution >= 0.6 is 0 Å². The molecule has 3 rings (SSSR count). The van der Waals surface area contributed by atoms with E-state index in [-0.39, 0.29) is 5.76 Å². The summed E-state index contributed by atoms with van der Waals surface area (Å²) in [6.07, 6.45) is 2.34. The second-order valence-electron chi connectivity index (χ2n) is 7.38. The first-order valence-corrected chi connectivity index (χ1v) is 9.33. The number of benzene rings is 1. The number of carboxylic acid groups (broad SMARTS) is 1. The summed E-state index contributed by atoms with van der Waals surface area (Å²) >= 11 is 0. The molecule has 0 unspecified atom stereocenters. The number of aryl methyl sites for hydroxylation is 1. The third-order valence-electron chi connectivity index (χ3n) is 5.04. The summed E-state index contributed by atoms with van der Waals surface area (Å²) in [5.74, 6) is -0.0224. The third-order valence-corrected chi connectivity index (χ3v) is 5.04. The maximum atomic E-state index is 12.5. The molecule has 0 saturated carbocycles. The maximum absolute atomic E-state index is 12.5. The third kappa shape index (κ3) is 4.98. The van der Waals surface area contributed by atoms with Crippen LogP contribution in [-0.4, -0.2) is 35.0 Å². The molecule has 1 fully saturated rings. The summed E-state index contributed by atoms with van der Waals surface area (Å²) < 4.78 is 5.67. The van der Waals surface area contributed by atoms with E-state index in [4.69, 9.17) is 4.42 Å². The van der Waals surface area contributed by atoms with Gasteiger partial charge in [0.15, 0.2) is 11.8 Å². The van der Waals surface area contributed by atoms with Gasteiger partial charge in [-0.3, -0.25) is 9.69 Å². The predicted molar refractivity (Wildman–Crippen MR) is 101 cm³/mol. The lowest BCUT2D eigenvalue weighted by Gasteiger charge is -2.29. The van der Waals surface area contributed by atoms with E-state index >= 15 is 0 Å². The minimum atomic E-state index is -1.12. The highest BCUT2D eigenvalue weighted by atomic mass is 16.4. The number of rotatable bonds is 6. The molecule has 0 spiro atoms. The average molecular weight is 370 g/mol. The highest BCUT2D eigenvalue weighted by Crippen LogP contribution is 2.20. The number of nitrogens with one attached hydrogen (secondary N) is 1. The highest BCUT2D eigenvalue weighted by Gasteiger charge is 2.24. The number of hydrogen-bond donors (Lipinski definition) is 2. The van der Waals surface area contributed by atoms with E-state index < -0.39 is 17.9 Å². The number of furan rings is 1. The molecule has 1 atom stereocenters. The van der Waals surface area contributed by atoms with Crippen molar-refractivity contribution in [3.8, 4) is 0 Å². The zero-order valence-electron chi connectivity index (χ0n) is 15.8. The highest BCUT2D eigenvalue weighted by molar-refractivity contribution is 5.94. The molecule has 6 nitrogen and oxygen atoms in total. The smallest absolute Gasteiger partial charge is 0.330 e. The van der Waals surface area contributed by atoms with Crippen LogP contribution in [0.5, 0.6) is 0 Å². The minimum absolute atomic E-state index is 0.134. The van der Waals surface area contributed by atoms with E-state index in [1.807, 2.05) is 13.0 Å². The lowest BCUT2D eigenvalue weighted by Crippen LogP contribution is -2.33. The van der Waals surface area contributed by atoms with Gasteiger partial charge in [0.1, 0.15) is 5.76 Å². The fourth-order valence-corrected chi connectivity index (χ4v) is 3.37. The number of amides is 1. The van der Waals surface area contributed by atoms with Crippen molar-refractivity contribution >= 4 is 11.9 Å². The second-order valence-corrected chi connectivity index (χ2v) is 7.38. The van der Waals surface area contributed by atoms with E-state index in [1.165, 1.54) is 12.8 Å². The van der Waals surface area contributed by atoms with Crippen LogP contribution in [0.2, 0.25) is 0 Å². The summed E-state index contributed by atoms with van der Waals surface area (Å²) in [4.78, 5) is 26.4. The van der Waals surface area contributed by atoms with Gasteiger partial charge in [-0.05, 0) is 56.5 Å². The van der Waals surface area contributed by atoms with Crippen LogP contribution in [0.15, 0.2) is 40.8 Å². The van der Waals surface area contributed by atoms with Gasteiger partial charge in [0.2, 0.25) is 0 Å². The predicted octanol–water partition coefficient (Wildman–Crippen LogP) is 3.38. The average Bonchev–Trinajstić information content (AvgIpc) is 3.10. The van der Waals surface area contributed by atoms with Crippen LogP contribution < -0.4 is 5.32 Å². The topological polar surface area (TPSA) is 82.8 Å². The molecule has 1 aliphatic heterocycles. The molecule has 1 aromatic carbocycles. The number of piperidine rings is 1. The molecule has 1 amide bonds. The van der Waals surface area contributed by atoms with Crippen molar-refractivity contribution < 1.29 is 19.1 Å². The Morgan fingerprint density at radius 3 is 2.67 bits per heavy atom. The van der Waals surface area contributed by atoms with Gasteiger partial charge in [-0.2, -0.15) is 0 Å². The van der Waals surface area contributed by atoms with Crippen LogP contribution in [0, 0.1) is 12.8 Å². The Hall–Kier alpha value is -2.60. The molecule has 1 aromatic heterocycles. The van der Waals surface area contributed by atoms with Gasteiger partial charge >= 0.3 is 5.97 Å². The summed E-state index contributed by atoms with van der Waals surface area (Å²) in [6.45, 7) is 6.86. The lowest BCUT2D eigenvalue weighted by molar-refractivity contribution is -0.139. The molecular formula is C21H26N2O4. The van der Waals surface area contributed by atoms with Crippen molar-refractivity contribution in [3.63, 3.8) is 0 Å². The van der Waals surface area contributed by atoms with E-state index in [2.05, 4.69) is 17.1 Å². The first-order valence-electron chi connectivity index (χ1n) is 9.33. The Morgan fingerprint density at radius 1 is 1.26 bits per heavy atom. The van der Waals surface area contributed by atoms with Gasteiger partial charge in [0, 0.05) is 0 Å². The Balaban J connectivity index is 1.65. The van der Waals surface area contributed by atoms with E-state index in [0.717, 1.165) is 30.3 Å². The van der Waals surface area contributed by atoms with E-state index in [0.29, 0.717) is 12.1 Å². The Morgan fingerprint density at radius 2 is 2.00 bits per heavy atom. The van der Waals surface area contributed by atoms with Crippen molar-refractivity contribution in [2.24, 2.45) is 5.92 Å². The van der Waals surface area contributed by atoms with E-state index in [9.17, 15) is 14.7 Å². The molecule has 0 aliphatic carbocycles. The molecule has 2 aromatic rings. The van der Waals surface area contributed by atoms with Crippen LogP contribution in [0.4, 0.5) is 0 Å². The van der Waals surface area contributed by atoms with Crippen molar-refractivity contribution in [2.45, 2.75) is 39.3 Å². The standard InChI is InChI=1S/C21H26N2O4/c1-14-8-10-23(11-9-14)13-17-6-7-18(27-17)20(24)22-19(21(25)26)16-5-3-4-15(2)12-16/h3-7,12,14,19H,8-11,13H2,1-2H3,(H,22,24)(H,25,26)/t19-/m0/s1. The van der Waals surface area contributed by atoms with Crippen molar-refractivity contribution in [2.75, 3.05) is 13.1 Å². The molecule has 2 heterocycles. The second kappa shape index (κ2) is 8.39. The Labute approximate surface area is 159 Å².